The van der Waals surface area contributed by atoms with E-state index in [0.29, 0.717) is 5.82 Å². The Morgan fingerprint density at radius 1 is 1.36 bits per heavy atom. The third-order valence-corrected chi connectivity index (χ3v) is 4.76. The number of H-pyrrole nitrogens is 1. The topological polar surface area (TPSA) is 92.8 Å². The van der Waals surface area contributed by atoms with Crippen LogP contribution in [0.5, 0.6) is 0 Å². The van der Waals surface area contributed by atoms with Crippen LogP contribution in [0.15, 0.2) is 30.3 Å². The maximum atomic E-state index is 12.9. The number of amides is 1. The molecule has 7 heteroatoms. The second-order valence-corrected chi connectivity index (χ2v) is 6.61. The number of likely N-dealkylation sites (tertiary alicyclic amines) is 1. The summed E-state index contributed by atoms with van der Waals surface area (Å²) in [5.41, 5.74) is 8.68. The van der Waals surface area contributed by atoms with Crippen molar-refractivity contribution in [2.75, 3.05) is 12.3 Å². The number of fused-ring (bicyclic) bond motifs is 1. The van der Waals surface area contributed by atoms with Gasteiger partial charge in [-0.1, -0.05) is 12.1 Å². The standard InChI is InChI=1S/C18H22N6O/c1-12-10-16(19)24(22-12)11-17(25)23-9-5-4-8-15(23)18-20-13-6-2-3-7-14(13)21-18/h2-3,6-7,10,15H,4-5,8-9,11,19H2,1H3,(H,20,21). The maximum Gasteiger partial charge on any atom is 0.245 e. The first-order valence-corrected chi connectivity index (χ1v) is 8.66. The van der Waals surface area contributed by atoms with Crippen molar-refractivity contribution in [3.8, 4) is 0 Å². The Bertz CT molecular complexity index is 878. The van der Waals surface area contributed by atoms with E-state index in [1.807, 2.05) is 36.1 Å². The number of carbonyl (C=O) groups is 1. The van der Waals surface area contributed by atoms with E-state index < -0.39 is 0 Å². The van der Waals surface area contributed by atoms with Gasteiger partial charge in [0.25, 0.3) is 0 Å². The number of aromatic nitrogens is 4. The van der Waals surface area contributed by atoms with Crippen molar-refractivity contribution in [3.05, 3.63) is 41.9 Å². The molecule has 1 unspecified atom stereocenters. The number of nitrogens with zero attached hydrogens (tertiary/aromatic N) is 4. The van der Waals surface area contributed by atoms with Gasteiger partial charge in [0.1, 0.15) is 18.2 Å². The van der Waals surface area contributed by atoms with Crippen LogP contribution in [0, 0.1) is 6.92 Å². The smallest absolute Gasteiger partial charge is 0.245 e. The molecule has 130 valence electrons. The fourth-order valence-electron chi connectivity index (χ4n) is 3.56. The summed E-state index contributed by atoms with van der Waals surface area (Å²) in [4.78, 5) is 22.9. The van der Waals surface area contributed by atoms with E-state index in [1.54, 1.807) is 10.7 Å². The Labute approximate surface area is 145 Å². The van der Waals surface area contributed by atoms with Crippen LogP contribution in [0.25, 0.3) is 11.0 Å². The van der Waals surface area contributed by atoms with Crippen molar-refractivity contribution >= 4 is 22.8 Å². The number of para-hydroxylation sites is 2. The predicted molar refractivity (Wildman–Crippen MR) is 95.8 cm³/mol. The van der Waals surface area contributed by atoms with E-state index in [9.17, 15) is 4.79 Å². The lowest BCUT2D eigenvalue weighted by atomic mass is 10.0. The lowest BCUT2D eigenvalue weighted by Gasteiger charge is -2.34. The molecule has 1 aliphatic rings. The summed E-state index contributed by atoms with van der Waals surface area (Å²) < 4.78 is 1.57. The van der Waals surface area contributed by atoms with Crippen LogP contribution in [-0.4, -0.2) is 37.1 Å². The number of aryl methyl sites for hydroxylation is 1. The highest BCUT2D eigenvalue weighted by Crippen LogP contribution is 2.30. The van der Waals surface area contributed by atoms with Crippen LogP contribution >= 0.6 is 0 Å². The second-order valence-electron chi connectivity index (χ2n) is 6.61. The van der Waals surface area contributed by atoms with E-state index in [1.165, 1.54) is 0 Å². The van der Waals surface area contributed by atoms with Crippen LogP contribution in [-0.2, 0) is 11.3 Å². The van der Waals surface area contributed by atoms with Gasteiger partial charge in [0.05, 0.1) is 22.8 Å². The molecule has 0 spiro atoms. The fourth-order valence-corrected chi connectivity index (χ4v) is 3.56. The summed E-state index contributed by atoms with van der Waals surface area (Å²) >= 11 is 0. The lowest BCUT2D eigenvalue weighted by Crippen LogP contribution is -2.41. The molecule has 25 heavy (non-hydrogen) atoms. The number of piperidine rings is 1. The highest BCUT2D eigenvalue weighted by Gasteiger charge is 2.30. The first-order valence-electron chi connectivity index (χ1n) is 8.66. The van der Waals surface area contributed by atoms with Crippen LogP contribution in [0.2, 0.25) is 0 Å². The van der Waals surface area contributed by atoms with Gasteiger partial charge >= 0.3 is 0 Å². The Hall–Kier alpha value is -2.83. The number of carbonyl (C=O) groups excluding carboxylic acids is 1. The second kappa shape index (κ2) is 6.23. The van der Waals surface area contributed by atoms with E-state index in [4.69, 9.17) is 10.7 Å². The van der Waals surface area contributed by atoms with Gasteiger partial charge < -0.3 is 15.6 Å². The normalized spacial score (nSPS) is 18.0. The zero-order valence-corrected chi connectivity index (χ0v) is 14.3. The Kier molecular flexibility index (Phi) is 3.91. The molecule has 0 radical (unpaired) electrons. The highest BCUT2D eigenvalue weighted by atomic mass is 16.2. The Morgan fingerprint density at radius 3 is 2.96 bits per heavy atom. The third-order valence-electron chi connectivity index (χ3n) is 4.76. The quantitative estimate of drug-likeness (QED) is 0.767. The number of rotatable bonds is 3. The first kappa shape index (κ1) is 15.7. The molecule has 1 saturated heterocycles. The van der Waals surface area contributed by atoms with Crippen molar-refractivity contribution in [2.24, 2.45) is 0 Å². The monoisotopic (exact) mass is 338 g/mol. The molecule has 1 amide bonds. The number of imidazole rings is 1. The van der Waals surface area contributed by atoms with Gasteiger partial charge in [0.2, 0.25) is 5.91 Å². The average molecular weight is 338 g/mol. The van der Waals surface area contributed by atoms with Crippen molar-refractivity contribution in [3.63, 3.8) is 0 Å². The van der Waals surface area contributed by atoms with Crippen LogP contribution in [0.3, 0.4) is 0 Å². The molecule has 3 N–H and O–H groups in total. The Balaban J connectivity index is 1.60. The van der Waals surface area contributed by atoms with Crippen molar-refractivity contribution < 1.29 is 4.79 Å². The first-order chi connectivity index (χ1) is 12.1. The van der Waals surface area contributed by atoms with Gasteiger partial charge in [-0.3, -0.25) is 4.79 Å². The number of hydrogen-bond acceptors (Lipinski definition) is 4. The Morgan fingerprint density at radius 2 is 2.20 bits per heavy atom. The minimum atomic E-state index is -0.0217. The van der Waals surface area contributed by atoms with E-state index in [-0.39, 0.29) is 18.5 Å². The number of benzene rings is 1. The van der Waals surface area contributed by atoms with Gasteiger partial charge in [0, 0.05) is 12.6 Å². The van der Waals surface area contributed by atoms with Crippen LogP contribution in [0.1, 0.15) is 36.8 Å². The number of aromatic amines is 1. The number of nitrogens with two attached hydrogens (primary N) is 1. The molecule has 1 atom stereocenters. The molecular formula is C18H22N6O. The molecule has 1 aliphatic heterocycles. The fraction of sp³-hybridized carbons (Fsp3) is 0.389. The van der Waals surface area contributed by atoms with Gasteiger partial charge in [-0.05, 0) is 38.3 Å². The highest BCUT2D eigenvalue weighted by molar-refractivity contribution is 5.78. The molecule has 1 aromatic carbocycles. The van der Waals surface area contributed by atoms with Crippen LogP contribution in [0.4, 0.5) is 5.82 Å². The van der Waals surface area contributed by atoms with E-state index >= 15 is 0 Å². The molecule has 0 bridgehead atoms. The number of anilines is 1. The van der Waals surface area contributed by atoms with Crippen LogP contribution < -0.4 is 5.73 Å². The summed E-state index contributed by atoms with van der Waals surface area (Å²) in [6.07, 6.45) is 3.02. The molecule has 2 aromatic heterocycles. The molecule has 4 rings (SSSR count). The van der Waals surface area contributed by atoms with E-state index in [2.05, 4.69) is 10.1 Å². The maximum absolute atomic E-state index is 12.9. The zero-order chi connectivity index (χ0) is 17.4. The molecule has 0 saturated carbocycles. The van der Waals surface area contributed by atoms with Gasteiger partial charge in [-0.25, -0.2) is 9.67 Å². The summed E-state index contributed by atoms with van der Waals surface area (Å²) in [6, 6.07) is 9.70. The summed E-state index contributed by atoms with van der Waals surface area (Å²) in [7, 11) is 0. The SMILES string of the molecule is Cc1cc(N)n(CC(=O)N2CCCCC2c2nc3ccccc3[nH]2)n1. The minimum Gasteiger partial charge on any atom is -0.384 e. The third kappa shape index (κ3) is 2.97. The molecule has 3 aromatic rings. The molecule has 3 heterocycles. The molecule has 0 aliphatic carbocycles. The number of nitrogen functional groups attached to an aromatic ring is 1. The molecule has 1 fully saturated rings. The largest absolute Gasteiger partial charge is 0.384 e. The number of nitrogens with one attached hydrogen (secondary N) is 1. The molecular weight excluding hydrogens is 316 g/mol. The van der Waals surface area contributed by atoms with Gasteiger partial charge in [-0.15, -0.1) is 0 Å². The zero-order valence-electron chi connectivity index (χ0n) is 14.3. The summed E-state index contributed by atoms with van der Waals surface area (Å²) in [5.74, 6) is 1.40. The molecule has 7 nitrogen and oxygen atoms in total. The minimum absolute atomic E-state index is 0.0217. The predicted octanol–water partition coefficient (Wildman–Crippen LogP) is 2.40. The number of hydrogen-bond donors (Lipinski definition) is 2. The van der Waals surface area contributed by atoms with E-state index in [0.717, 1.165) is 48.4 Å². The van der Waals surface area contributed by atoms with Crippen molar-refractivity contribution in [1.29, 1.82) is 0 Å². The summed E-state index contributed by atoms with van der Waals surface area (Å²) in [6.45, 7) is 2.77. The van der Waals surface area contributed by atoms with Gasteiger partial charge in [0.15, 0.2) is 0 Å². The lowest BCUT2D eigenvalue weighted by molar-refractivity contribution is -0.136. The van der Waals surface area contributed by atoms with Crippen molar-refractivity contribution in [2.45, 2.75) is 38.8 Å². The summed E-state index contributed by atoms with van der Waals surface area (Å²) in [5, 5.41) is 4.30. The van der Waals surface area contributed by atoms with Gasteiger partial charge in [-0.2, -0.15) is 5.10 Å². The average Bonchev–Trinajstić information content (AvgIpc) is 3.17. The van der Waals surface area contributed by atoms with Crippen molar-refractivity contribution in [1.82, 2.24) is 24.6 Å².